The number of nitrogen functional groups attached to an aromatic ring is 1. The smallest absolute Gasteiger partial charge is 0.0593 e. The predicted octanol–water partition coefficient (Wildman–Crippen LogP) is 2.90. The highest BCUT2D eigenvalue weighted by atomic mass is 15.1. The SMILES string of the molecule is CCC1CCN(Cc2ncc(C)c(N)c2C)CC1. The highest BCUT2D eigenvalue weighted by Gasteiger charge is 2.19. The molecule has 2 heterocycles. The summed E-state index contributed by atoms with van der Waals surface area (Å²) in [4.78, 5) is 7.06. The Labute approximate surface area is 110 Å². The lowest BCUT2D eigenvalue weighted by molar-refractivity contribution is 0.173. The zero-order valence-electron chi connectivity index (χ0n) is 11.9. The number of nitrogens with two attached hydrogens (primary N) is 1. The molecule has 0 aromatic carbocycles. The summed E-state index contributed by atoms with van der Waals surface area (Å²) >= 11 is 0. The van der Waals surface area contributed by atoms with E-state index in [0.29, 0.717) is 0 Å². The van der Waals surface area contributed by atoms with Crippen LogP contribution in [-0.4, -0.2) is 23.0 Å². The first-order chi connectivity index (χ1) is 8.61. The molecule has 18 heavy (non-hydrogen) atoms. The number of likely N-dealkylation sites (tertiary alicyclic amines) is 1. The van der Waals surface area contributed by atoms with Crippen LogP contribution in [0.25, 0.3) is 0 Å². The van der Waals surface area contributed by atoms with Gasteiger partial charge in [0.25, 0.3) is 0 Å². The van der Waals surface area contributed by atoms with E-state index in [1.165, 1.54) is 32.4 Å². The summed E-state index contributed by atoms with van der Waals surface area (Å²) in [6, 6.07) is 0. The van der Waals surface area contributed by atoms with Crippen LogP contribution in [0, 0.1) is 19.8 Å². The molecule has 0 amide bonds. The lowest BCUT2D eigenvalue weighted by Gasteiger charge is -2.31. The molecular formula is C15H25N3. The molecule has 1 aromatic rings. The van der Waals surface area contributed by atoms with Gasteiger partial charge in [-0.15, -0.1) is 0 Å². The summed E-state index contributed by atoms with van der Waals surface area (Å²) in [5.74, 6) is 0.929. The van der Waals surface area contributed by atoms with E-state index in [-0.39, 0.29) is 0 Å². The van der Waals surface area contributed by atoms with Crippen molar-refractivity contribution in [1.82, 2.24) is 9.88 Å². The fourth-order valence-electron chi connectivity index (χ4n) is 2.72. The number of anilines is 1. The highest BCUT2D eigenvalue weighted by molar-refractivity contribution is 5.53. The second-order valence-corrected chi connectivity index (χ2v) is 5.55. The predicted molar refractivity (Wildman–Crippen MR) is 76.4 cm³/mol. The molecule has 0 unspecified atom stereocenters. The van der Waals surface area contributed by atoms with Crippen molar-refractivity contribution in [2.45, 2.75) is 46.6 Å². The van der Waals surface area contributed by atoms with Crippen LogP contribution >= 0.6 is 0 Å². The second kappa shape index (κ2) is 5.70. The fraction of sp³-hybridized carbons (Fsp3) is 0.667. The van der Waals surface area contributed by atoms with Crippen LogP contribution < -0.4 is 5.73 Å². The van der Waals surface area contributed by atoms with Gasteiger partial charge in [0.05, 0.1) is 5.69 Å². The largest absolute Gasteiger partial charge is 0.398 e. The van der Waals surface area contributed by atoms with E-state index in [4.69, 9.17) is 5.73 Å². The summed E-state index contributed by atoms with van der Waals surface area (Å²) in [7, 11) is 0. The molecule has 1 aliphatic heterocycles. The lowest BCUT2D eigenvalue weighted by Crippen LogP contribution is -2.33. The molecule has 3 nitrogen and oxygen atoms in total. The van der Waals surface area contributed by atoms with Crippen LogP contribution in [0.4, 0.5) is 5.69 Å². The van der Waals surface area contributed by atoms with Gasteiger partial charge in [0, 0.05) is 18.4 Å². The maximum absolute atomic E-state index is 6.07. The van der Waals surface area contributed by atoms with Gasteiger partial charge in [-0.25, -0.2) is 0 Å². The van der Waals surface area contributed by atoms with Crippen molar-refractivity contribution in [1.29, 1.82) is 0 Å². The molecule has 1 fully saturated rings. The maximum Gasteiger partial charge on any atom is 0.0593 e. The molecule has 0 bridgehead atoms. The molecule has 100 valence electrons. The molecule has 2 rings (SSSR count). The minimum Gasteiger partial charge on any atom is -0.398 e. The molecule has 1 saturated heterocycles. The third kappa shape index (κ3) is 2.83. The first-order valence-corrected chi connectivity index (χ1v) is 7.04. The molecule has 0 saturated carbocycles. The molecule has 1 aromatic heterocycles. The van der Waals surface area contributed by atoms with Gasteiger partial charge in [-0.05, 0) is 56.8 Å². The van der Waals surface area contributed by atoms with Gasteiger partial charge >= 0.3 is 0 Å². The minimum absolute atomic E-state index is 0.906. The second-order valence-electron chi connectivity index (χ2n) is 5.55. The number of rotatable bonds is 3. The molecule has 0 aliphatic carbocycles. The number of piperidine rings is 1. The van der Waals surface area contributed by atoms with E-state index in [2.05, 4.69) is 23.7 Å². The summed E-state index contributed by atoms with van der Waals surface area (Å²) in [6.07, 6.45) is 5.88. The van der Waals surface area contributed by atoms with E-state index in [1.807, 2.05) is 13.1 Å². The monoisotopic (exact) mass is 247 g/mol. The number of hydrogen-bond acceptors (Lipinski definition) is 3. The lowest BCUT2D eigenvalue weighted by atomic mass is 9.94. The van der Waals surface area contributed by atoms with Crippen molar-refractivity contribution in [3.63, 3.8) is 0 Å². The Bertz CT molecular complexity index is 406. The van der Waals surface area contributed by atoms with Crippen molar-refractivity contribution < 1.29 is 0 Å². The van der Waals surface area contributed by atoms with Crippen LogP contribution in [0.5, 0.6) is 0 Å². The third-order valence-electron chi connectivity index (χ3n) is 4.33. The highest BCUT2D eigenvalue weighted by Crippen LogP contribution is 2.23. The summed E-state index contributed by atoms with van der Waals surface area (Å²) in [5, 5.41) is 0. The van der Waals surface area contributed by atoms with Crippen molar-refractivity contribution >= 4 is 5.69 Å². The number of aromatic nitrogens is 1. The quantitative estimate of drug-likeness (QED) is 0.893. The Morgan fingerprint density at radius 2 is 2.00 bits per heavy atom. The summed E-state index contributed by atoms with van der Waals surface area (Å²) in [5.41, 5.74) is 10.4. The molecular weight excluding hydrogens is 222 g/mol. The average Bonchev–Trinajstić information content (AvgIpc) is 2.40. The van der Waals surface area contributed by atoms with Gasteiger partial charge in [-0.3, -0.25) is 9.88 Å². The summed E-state index contributed by atoms with van der Waals surface area (Å²) in [6.45, 7) is 9.76. The van der Waals surface area contributed by atoms with Crippen LogP contribution in [0.1, 0.15) is 43.0 Å². The number of hydrogen-bond donors (Lipinski definition) is 1. The van der Waals surface area contributed by atoms with E-state index >= 15 is 0 Å². The van der Waals surface area contributed by atoms with Gasteiger partial charge in [-0.1, -0.05) is 13.3 Å². The minimum atomic E-state index is 0.906. The van der Waals surface area contributed by atoms with Crippen LogP contribution in [0.15, 0.2) is 6.20 Å². The molecule has 1 aliphatic rings. The number of aryl methyl sites for hydroxylation is 1. The van der Waals surface area contributed by atoms with Gasteiger partial charge in [0.15, 0.2) is 0 Å². The van der Waals surface area contributed by atoms with E-state index in [9.17, 15) is 0 Å². The Hall–Kier alpha value is -1.09. The van der Waals surface area contributed by atoms with Gasteiger partial charge in [0.2, 0.25) is 0 Å². The fourth-order valence-corrected chi connectivity index (χ4v) is 2.72. The van der Waals surface area contributed by atoms with Gasteiger partial charge < -0.3 is 5.73 Å². The standard InChI is InChI=1S/C15H25N3/c1-4-13-5-7-18(8-6-13)10-14-12(3)15(16)11(2)9-17-14/h9,13H,4-8,10H2,1-3H3,(H2,16,17). The zero-order chi connectivity index (χ0) is 13.1. The Morgan fingerprint density at radius 3 is 2.61 bits per heavy atom. The molecule has 0 radical (unpaired) electrons. The first-order valence-electron chi connectivity index (χ1n) is 7.04. The topological polar surface area (TPSA) is 42.2 Å². The van der Waals surface area contributed by atoms with E-state index < -0.39 is 0 Å². The summed E-state index contributed by atoms with van der Waals surface area (Å²) < 4.78 is 0. The molecule has 0 spiro atoms. The normalized spacial score (nSPS) is 18.2. The Kier molecular flexibility index (Phi) is 4.23. The first kappa shape index (κ1) is 13.3. The molecule has 2 N–H and O–H groups in total. The zero-order valence-corrected chi connectivity index (χ0v) is 11.9. The van der Waals surface area contributed by atoms with Crippen LogP contribution in [0.2, 0.25) is 0 Å². The Balaban J connectivity index is 2.00. The molecule has 0 atom stereocenters. The number of nitrogens with zero attached hydrogens (tertiary/aromatic N) is 2. The Morgan fingerprint density at radius 1 is 1.33 bits per heavy atom. The van der Waals surface area contributed by atoms with Crippen LogP contribution in [0.3, 0.4) is 0 Å². The van der Waals surface area contributed by atoms with Crippen molar-refractivity contribution in [3.8, 4) is 0 Å². The van der Waals surface area contributed by atoms with Gasteiger partial charge in [0.1, 0.15) is 0 Å². The third-order valence-corrected chi connectivity index (χ3v) is 4.33. The van der Waals surface area contributed by atoms with E-state index in [1.54, 1.807) is 0 Å². The van der Waals surface area contributed by atoms with Crippen molar-refractivity contribution in [2.75, 3.05) is 18.8 Å². The van der Waals surface area contributed by atoms with Crippen molar-refractivity contribution in [3.05, 3.63) is 23.0 Å². The van der Waals surface area contributed by atoms with Crippen LogP contribution in [-0.2, 0) is 6.54 Å². The maximum atomic E-state index is 6.07. The van der Waals surface area contributed by atoms with Crippen molar-refractivity contribution in [2.24, 2.45) is 5.92 Å². The van der Waals surface area contributed by atoms with Gasteiger partial charge in [-0.2, -0.15) is 0 Å². The van der Waals surface area contributed by atoms with E-state index in [0.717, 1.165) is 35.0 Å². The average molecular weight is 247 g/mol. The number of pyridine rings is 1. The molecule has 3 heteroatoms.